The van der Waals surface area contributed by atoms with Gasteiger partial charge in [-0.2, -0.15) is 4.98 Å². The summed E-state index contributed by atoms with van der Waals surface area (Å²) in [6.07, 6.45) is 7.07. The number of ether oxygens (including phenoxy) is 1. The average Bonchev–Trinajstić information content (AvgIpc) is 3.57. The number of fused-ring (bicyclic) bond motifs is 5. The zero-order chi connectivity index (χ0) is 33.2. The molecule has 4 aliphatic rings. The van der Waals surface area contributed by atoms with Crippen LogP contribution in [0.15, 0.2) is 46.0 Å². The number of esters is 1. The van der Waals surface area contributed by atoms with Crippen LogP contribution >= 0.6 is 0 Å². The normalized spacial score (nSPS) is 39.6. The lowest BCUT2D eigenvalue weighted by atomic mass is 9.36. The van der Waals surface area contributed by atoms with Crippen LogP contribution in [0, 0.1) is 45.7 Å². The molecule has 4 aliphatic carbocycles. The number of halogens is 1. The van der Waals surface area contributed by atoms with Crippen LogP contribution in [0.2, 0.25) is 0 Å². The second-order valence-corrected chi connectivity index (χ2v) is 15.8. The molecule has 1 aromatic carbocycles. The Morgan fingerprint density at radius 2 is 1.78 bits per heavy atom. The summed E-state index contributed by atoms with van der Waals surface area (Å²) in [7, 11) is 0. The van der Waals surface area contributed by atoms with Gasteiger partial charge in [0.05, 0.1) is 12.2 Å². The summed E-state index contributed by atoms with van der Waals surface area (Å²) in [4.78, 5) is 17.5. The summed E-state index contributed by atoms with van der Waals surface area (Å²) >= 11 is 0. The fourth-order valence-corrected chi connectivity index (χ4v) is 10.9. The van der Waals surface area contributed by atoms with Gasteiger partial charge in [-0.25, -0.2) is 4.39 Å². The average molecular weight is 635 g/mol. The molecule has 0 bridgehead atoms. The number of nitrogens with zero attached hydrogens (tertiary/aromatic N) is 2. The molecule has 1 heterocycles. The molecule has 0 aliphatic heterocycles. The number of carbonyl (C=O) groups is 1. The number of carbonyl (C=O) groups excluding carboxylic acids is 1. The van der Waals surface area contributed by atoms with Crippen molar-refractivity contribution in [2.24, 2.45) is 39.9 Å². The highest BCUT2D eigenvalue weighted by Crippen LogP contribution is 2.74. The Bertz CT molecular complexity index is 1530. The van der Waals surface area contributed by atoms with E-state index in [1.165, 1.54) is 24.6 Å². The number of hydrogen-bond donors (Lipinski definition) is 2. The third-order valence-electron chi connectivity index (χ3n) is 13.1. The first kappa shape index (κ1) is 33.1. The van der Waals surface area contributed by atoms with Gasteiger partial charge < -0.3 is 19.5 Å². The minimum Gasteiger partial charge on any atom is -0.458 e. The molecule has 2 aromatic rings. The van der Waals surface area contributed by atoms with Gasteiger partial charge in [0, 0.05) is 18.1 Å². The monoisotopic (exact) mass is 634 g/mol. The second kappa shape index (κ2) is 12.0. The van der Waals surface area contributed by atoms with Crippen molar-refractivity contribution in [3.05, 3.63) is 53.2 Å². The summed E-state index contributed by atoms with van der Waals surface area (Å²) in [5.74, 6) is 0.643. The number of aliphatic hydroxyl groups excluding tert-OH is 2. The number of benzene rings is 1. The SMILES string of the molecule is CC(=O)O[C@H]1C[C@@]2(C)[C@@H](C[C@@H](O)C3[C@]2(C)CC[C@H]2[C@H](C)[C@H](O)CC[C@]32C)/C1=C(\CCC=C(C)C)c1nc(-c2ccc(F)cc2)no1. The molecule has 0 spiro atoms. The van der Waals surface area contributed by atoms with Gasteiger partial charge >= 0.3 is 5.97 Å². The van der Waals surface area contributed by atoms with E-state index in [4.69, 9.17) is 14.2 Å². The highest BCUT2D eigenvalue weighted by Gasteiger charge is 2.70. The summed E-state index contributed by atoms with van der Waals surface area (Å²) in [6, 6.07) is 6.02. The van der Waals surface area contributed by atoms with Crippen molar-refractivity contribution in [3.63, 3.8) is 0 Å². The highest BCUT2D eigenvalue weighted by atomic mass is 19.1. The fourth-order valence-electron chi connectivity index (χ4n) is 10.9. The Labute approximate surface area is 272 Å². The highest BCUT2D eigenvalue weighted by molar-refractivity contribution is 5.70. The van der Waals surface area contributed by atoms with Gasteiger partial charge in [0.1, 0.15) is 11.9 Å². The summed E-state index contributed by atoms with van der Waals surface area (Å²) < 4.78 is 25.8. The Kier molecular flexibility index (Phi) is 8.63. The zero-order valence-corrected chi connectivity index (χ0v) is 28.5. The molecule has 0 radical (unpaired) electrons. The minimum atomic E-state index is -0.541. The molecule has 250 valence electrons. The summed E-state index contributed by atoms with van der Waals surface area (Å²) in [5.41, 5.74) is 3.15. The van der Waals surface area contributed by atoms with E-state index in [0.29, 0.717) is 42.5 Å². The standard InChI is InChI=1S/C38H51FN2O5/c1-21(2)9-8-10-26(35-40-34(41-46-35)24-11-13-25(39)14-12-24)32-28-19-30(44)33-36(5)17-16-29(43)22(3)27(36)15-18-37(33,6)38(28,7)20-31(32)45-23(4)42/h9,11-14,22,27-31,33,43-44H,8,10,15-20H2,1-7H3/b32-26-/t22-,27-,28-,29+,30+,31-,33?,36-,37-,38-/m0/s1. The Morgan fingerprint density at radius 3 is 2.46 bits per heavy atom. The Balaban J connectivity index is 1.48. The van der Waals surface area contributed by atoms with Gasteiger partial charge in [0.15, 0.2) is 0 Å². The van der Waals surface area contributed by atoms with Crippen molar-refractivity contribution in [3.8, 4) is 11.4 Å². The van der Waals surface area contributed by atoms with E-state index >= 15 is 0 Å². The molecule has 0 saturated heterocycles. The predicted molar refractivity (Wildman–Crippen MR) is 175 cm³/mol. The maximum atomic E-state index is 13.7. The molecule has 1 unspecified atom stereocenters. The second-order valence-electron chi connectivity index (χ2n) is 15.8. The quantitative estimate of drug-likeness (QED) is 0.246. The van der Waals surface area contributed by atoms with Crippen molar-refractivity contribution in [2.45, 2.75) is 118 Å². The van der Waals surface area contributed by atoms with Gasteiger partial charge in [0.2, 0.25) is 5.82 Å². The molecule has 2 N–H and O–H groups in total. The molecule has 6 rings (SSSR count). The molecule has 46 heavy (non-hydrogen) atoms. The summed E-state index contributed by atoms with van der Waals surface area (Å²) in [5, 5.41) is 27.4. The minimum absolute atomic E-state index is 0.0530. The number of hydrogen-bond acceptors (Lipinski definition) is 7. The Hall–Kier alpha value is -2.84. The first-order chi connectivity index (χ1) is 21.7. The first-order valence-electron chi connectivity index (χ1n) is 17.2. The molecular weight excluding hydrogens is 583 g/mol. The largest absolute Gasteiger partial charge is 0.458 e. The van der Waals surface area contributed by atoms with Gasteiger partial charge in [0.25, 0.3) is 5.89 Å². The van der Waals surface area contributed by atoms with Gasteiger partial charge in [-0.05, 0) is 135 Å². The van der Waals surface area contributed by atoms with E-state index in [2.05, 4.69) is 52.8 Å². The van der Waals surface area contributed by atoms with Crippen LogP contribution in [0.5, 0.6) is 0 Å². The molecule has 10 atom stereocenters. The summed E-state index contributed by atoms with van der Waals surface area (Å²) in [6.45, 7) is 14.9. The van der Waals surface area contributed by atoms with Crippen molar-refractivity contribution in [1.29, 1.82) is 0 Å². The topological polar surface area (TPSA) is 106 Å². The van der Waals surface area contributed by atoms with Gasteiger partial charge in [-0.1, -0.05) is 44.5 Å². The van der Waals surface area contributed by atoms with Crippen LogP contribution in [-0.2, 0) is 9.53 Å². The number of allylic oxidation sites excluding steroid dienone is 3. The number of aliphatic hydroxyl groups is 2. The lowest BCUT2D eigenvalue weighted by Crippen LogP contribution is -2.65. The third kappa shape index (κ3) is 5.28. The lowest BCUT2D eigenvalue weighted by Gasteiger charge is -2.69. The molecular formula is C38H51FN2O5. The van der Waals surface area contributed by atoms with E-state index in [0.717, 1.165) is 43.3 Å². The molecule has 7 nitrogen and oxygen atoms in total. The van der Waals surface area contributed by atoms with Crippen molar-refractivity contribution >= 4 is 11.5 Å². The smallest absolute Gasteiger partial charge is 0.303 e. The predicted octanol–water partition coefficient (Wildman–Crippen LogP) is 7.93. The van der Waals surface area contributed by atoms with Crippen molar-refractivity contribution < 1.29 is 28.7 Å². The van der Waals surface area contributed by atoms with Gasteiger partial charge in [-0.3, -0.25) is 4.79 Å². The first-order valence-corrected chi connectivity index (χ1v) is 17.2. The third-order valence-corrected chi connectivity index (χ3v) is 13.1. The Morgan fingerprint density at radius 1 is 1.07 bits per heavy atom. The number of aromatic nitrogens is 2. The number of rotatable bonds is 6. The van der Waals surface area contributed by atoms with Gasteiger partial charge in [-0.15, -0.1) is 0 Å². The zero-order valence-electron chi connectivity index (χ0n) is 28.5. The van der Waals surface area contributed by atoms with Crippen LogP contribution < -0.4 is 0 Å². The maximum Gasteiger partial charge on any atom is 0.303 e. The van der Waals surface area contributed by atoms with Crippen molar-refractivity contribution in [2.75, 3.05) is 0 Å². The van der Waals surface area contributed by atoms with E-state index in [9.17, 15) is 19.4 Å². The van der Waals surface area contributed by atoms with Crippen molar-refractivity contribution in [1.82, 2.24) is 10.1 Å². The molecule has 0 amide bonds. The molecule has 8 heteroatoms. The molecule has 4 fully saturated rings. The fraction of sp³-hybridized carbons (Fsp3) is 0.658. The van der Waals surface area contributed by atoms with E-state index < -0.39 is 12.2 Å². The van der Waals surface area contributed by atoms with Crippen LogP contribution in [0.4, 0.5) is 4.39 Å². The van der Waals surface area contributed by atoms with E-state index in [1.54, 1.807) is 12.1 Å². The van der Waals surface area contributed by atoms with Crippen LogP contribution in [0.3, 0.4) is 0 Å². The lowest BCUT2D eigenvalue weighted by molar-refractivity contribution is -0.234. The van der Waals surface area contributed by atoms with Crippen LogP contribution in [0.25, 0.3) is 17.0 Å². The maximum absolute atomic E-state index is 13.7. The molecule has 4 saturated carbocycles. The van der Waals surface area contributed by atoms with Crippen LogP contribution in [0.1, 0.15) is 106 Å². The van der Waals surface area contributed by atoms with E-state index in [1.807, 2.05) is 0 Å². The molecule has 1 aromatic heterocycles. The van der Waals surface area contributed by atoms with E-state index in [-0.39, 0.29) is 51.9 Å². The van der Waals surface area contributed by atoms with Crippen LogP contribution in [-0.4, -0.2) is 44.6 Å².